The number of methoxy groups -OCH3 is 1. The second-order valence-corrected chi connectivity index (χ2v) is 26.5. The molecule has 0 radical (unpaired) electrons. The average molecular weight is 1180 g/mol. The van der Waals surface area contributed by atoms with Gasteiger partial charge in [0.1, 0.15) is 22.1 Å². The molecule has 2 atom stereocenters. The highest BCUT2D eigenvalue weighted by molar-refractivity contribution is 7.87. The number of carbonyl (C=O) groups is 4. The number of imide groups is 1. The molecule has 1 fully saturated rings. The molecule has 418 valence electrons. The first-order valence-electron chi connectivity index (χ1n) is 23.5. The topological polar surface area (TPSA) is 388 Å². The lowest BCUT2D eigenvalue weighted by atomic mass is 9.72. The van der Waals surface area contributed by atoms with E-state index in [0.29, 0.717) is 17.2 Å². The number of hydrogen-bond donors (Lipinski definition) is 6. The van der Waals surface area contributed by atoms with E-state index >= 15 is 0 Å². The van der Waals surface area contributed by atoms with Crippen LogP contribution < -0.4 is 4.90 Å². The standard InChI is InChI=1S/C48H49N3O22S5/c1-5-49-34-11-9-28-30(20-26(75(60,61)62)22-36(28)77(66,67)68)43(34)47(2,15-7-19-74(57,58)59)38(49)24-32-45(55)33(46(32)56)25-39-48(3,16-18-72-4)44-31-21-27(76(63,64)65)23-37(78(69,70)71)29(31)10-12-35(44)50(39)17-6-8-42(54)73-51-40(52)13-14-41(51)53/h9-12,20-25H,5-8,13-19H2,1-4H3,(H5-,55,56,57,58,59,60,61,62,63,64,65,66,67,68,69,70,71)/p+1. The molecule has 78 heavy (non-hydrogen) atoms. The number of ketones is 1. The van der Waals surface area contributed by atoms with Crippen LogP contribution in [-0.2, 0) is 90.2 Å². The Morgan fingerprint density at radius 1 is 0.705 bits per heavy atom. The summed E-state index contributed by atoms with van der Waals surface area (Å²) in [7, 11) is -24.0. The Balaban J connectivity index is 1.32. The Morgan fingerprint density at radius 2 is 1.26 bits per heavy atom. The van der Waals surface area contributed by atoms with E-state index in [1.807, 2.05) is 0 Å². The first-order valence-corrected chi connectivity index (χ1v) is 30.9. The largest absolute Gasteiger partial charge is 0.506 e. The van der Waals surface area contributed by atoms with Crippen LogP contribution in [0.25, 0.3) is 21.5 Å². The van der Waals surface area contributed by atoms with E-state index in [2.05, 4.69) is 0 Å². The van der Waals surface area contributed by atoms with Crippen molar-refractivity contribution in [3.63, 3.8) is 0 Å². The average Bonchev–Trinajstić information content (AvgIpc) is 4.07. The van der Waals surface area contributed by atoms with Crippen molar-refractivity contribution in [3.8, 4) is 0 Å². The van der Waals surface area contributed by atoms with E-state index in [1.54, 1.807) is 30.2 Å². The number of nitrogens with zero attached hydrogens (tertiary/aromatic N) is 3. The minimum Gasteiger partial charge on any atom is -0.506 e. The predicted molar refractivity (Wildman–Crippen MR) is 274 cm³/mol. The number of anilines is 1. The number of benzene rings is 4. The van der Waals surface area contributed by atoms with E-state index in [9.17, 15) is 89.1 Å². The molecule has 30 heteroatoms. The number of rotatable bonds is 19. The highest BCUT2D eigenvalue weighted by Crippen LogP contribution is 2.55. The fourth-order valence-electron chi connectivity index (χ4n) is 10.8. The Morgan fingerprint density at radius 3 is 1.76 bits per heavy atom. The summed E-state index contributed by atoms with van der Waals surface area (Å²) >= 11 is 0. The van der Waals surface area contributed by atoms with Crippen LogP contribution in [0.1, 0.15) is 76.8 Å². The van der Waals surface area contributed by atoms with Crippen LogP contribution in [0.3, 0.4) is 0 Å². The minimum atomic E-state index is -5.20. The van der Waals surface area contributed by atoms with Gasteiger partial charge in [-0.25, -0.2) is 4.79 Å². The third-order valence-electron chi connectivity index (χ3n) is 14.4. The molecular weight excluding hydrogens is 1130 g/mol. The van der Waals surface area contributed by atoms with Crippen molar-refractivity contribution in [2.45, 2.75) is 96.1 Å². The summed E-state index contributed by atoms with van der Waals surface area (Å²) in [5, 5.41) is 11.8. The van der Waals surface area contributed by atoms with Crippen molar-refractivity contribution in [3.05, 3.63) is 94.4 Å². The minimum absolute atomic E-state index is 0.0302. The molecule has 1 aliphatic carbocycles. The van der Waals surface area contributed by atoms with Crippen LogP contribution in [0.4, 0.5) is 11.4 Å². The van der Waals surface area contributed by atoms with Gasteiger partial charge in [-0.1, -0.05) is 6.07 Å². The maximum absolute atomic E-state index is 14.7. The molecule has 3 aliphatic heterocycles. The molecule has 4 aromatic carbocycles. The second kappa shape index (κ2) is 20.1. The molecule has 2 amide bonds. The second-order valence-electron chi connectivity index (χ2n) is 19.3. The third kappa shape index (κ3) is 10.4. The quantitative estimate of drug-likeness (QED) is 0.0327. The Labute approximate surface area is 446 Å². The fourth-order valence-corrected chi connectivity index (χ4v) is 14.0. The van der Waals surface area contributed by atoms with E-state index in [-0.39, 0.29) is 125 Å². The Hall–Kier alpha value is -6.32. The van der Waals surface area contributed by atoms with Crippen LogP contribution in [0.5, 0.6) is 0 Å². The lowest BCUT2D eigenvalue weighted by Gasteiger charge is -2.32. The maximum atomic E-state index is 14.7. The van der Waals surface area contributed by atoms with E-state index in [1.165, 1.54) is 43.5 Å². The predicted octanol–water partition coefficient (Wildman–Crippen LogP) is 4.43. The number of aliphatic hydroxyl groups is 1. The van der Waals surface area contributed by atoms with Gasteiger partial charge in [-0.05, 0) is 105 Å². The highest BCUT2D eigenvalue weighted by atomic mass is 32.2. The van der Waals surface area contributed by atoms with Gasteiger partial charge < -0.3 is 19.6 Å². The molecule has 0 bridgehead atoms. The summed E-state index contributed by atoms with van der Waals surface area (Å²) in [6.45, 7) is 4.68. The summed E-state index contributed by atoms with van der Waals surface area (Å²) in [5.74, 6) is -4.67. The van der Waals surface area contributed by atoms with Crippen LogP contribution in [-0.4, -0.2) is 141 Å². The summed E-state index contributed by atoms with van der Waals surface area (Å²) in [6.07, 6.45) is 1.18. The molecule has 3 heterocycles. The van der Waals surface area contributed by atoms with Gasteiger partial charge in [0.15, 0.2) is 5.71 Å². The molecular formula is C48H50N3O22S5+. The van der Waals surface area contributed by atoms with Gasteiger partial charge in [0.25, 0.3) is 62.4 Å². The van der Waals surface area contributed by atoms with Gasteiger partial charge in [0.2, 0.25) is 11.5 Å². The molecule has 6 N–H and O–H groups in total. The van der Waals surface area contributed by atoms with Gasteiger partial charge >= 0.3 is 5.97 Å². The number of fused-ring (bicyclic) bond motifs is 6. The zero-order valence-electron chi connectivity index (χ0n) is 41.6. The molecule has 1 saturated heterocycles. The lowest BCUT2D eigenvalue weighted by Crippen LogP contribution is -2.35. The number of aliphatic hydroxyl groups excluding tert-OH is 1. The first-order chi connectivity index (χ1) is 36.1. The molecule has 4 aliphatic rings. The fraction of sp³-hybridized carbons (Fsp3) is 0.354. The van der Waals surface area contributed by atoms with Crippen molar-refractivity contribution in [1.29, 1.82) is 0 Å². The van der Waals surface area contributed by atoms with Crippen molar-refractivity contribution in [2.75, 3.05) is 37.5 Å². The van der Waals surface area contributed by atoms with Crippen LogP contribution >= 0.6 is 0 Å². The molecule has 25 nitrogen and oxygen atoms in total. The summed E-state index contributed by atoms with van der Waals surface area (Å²) in [4.78, 5) is 55.2. The zero-order valence-corrected chi connectivity index (χ0v) is 45.7. The van der Waals surface area contributed by atoms with Crippen LogP contribution in [0.15, 0.2) is 103 Å². The number of amides is 2. The first kappa shape index (κ1) is 57.8. The SMILES string of the molecule is CC[N+]1=C(/C=C2\C(=O)C(/C=C3/N(CCCC(=O)ON4C(=O)CCC4=O)c4ccc5c(S(=O)(=O)O)cc(S(=O)(=O)O)cc5c4C3(C)CCOC)=C2O)C(C)(CCCS(=O)(=O)O)c2c1ccc1c(S(=O)(=O)O)cc(S(=O)(=O)O)cc21. The van der Waals surface area contributed by atoms with E-state index in [0.717, 1.165) is 12.1 Å². The van der Waals surface area contributed by atoms with Crippen LogP contribution in [0.2, 0.25) is 0 Å². The Kier molecular flexibility index (Phi) is 14.9. The van der Waals surface area contributed by atoms with Gasteiger partial charge in [0.05, 0.1) is 32.1 Å². The molecule has 0 spiro atoms. The normalized spacial score (nSPS) is 21.2. The van der Waals surface area contributed by atoms with E-state index < -0.39 is 123 Å². The van der Waals surface area contributed by atoms with Gasteiger partial charge in [-0.2, -0.15) is 46.7 Å². The van der Waals surface area contributed by atoms with Crippen molar-refractivity contribution >= 4 is 113 Å². The number of carbonyl (C=O) groups excluding carboxylic acids is 4. The van der Waals surface area contributed by atoms with Crippen molar-refractivity contribution in [1.82, 2.24) is 5.06 Å². The summed E-state index contributed by atoms with van der Waals surface area (Å²) in [5.41, 5.74) is -2.52. The van der Waals surface area contributed by atoms with Gasteiger partial charge in [0, 0.05) is 84.8 Å². The number of allylic oxidation sites excluding steroid dienone is 5. The van der Waals surface area contributed by atoms with Crippen molar-refractivity contribution < 1.29 is 103 Å². The molecule has 0 saturated carbocycles. The molecule has 0 aromatic heterocycles. The number of ether oxygens (including phenoxy) is 1. The molecule has 2 unspecified atom stereocenters. The number of Topliss-reactive ketones (excluding diaryl/α,β-unsaturated/α-hetero) is 1. The molecule has 8 rings (SSSR count). The van der Waals surface area contributed by atoms with Crippen LogP contribution in [0, 0.1) is 0 Å². The summed E-state index contributed by atoms with van der Waals surface area (Å²) < 4.78 is 184. The maximum Gasteiger partial charge on any atom is 0.333 e. The number of hydrogen-bond acceptors (Lipinski definition) is 18. The number of hydroxylamine groups is 2. The Bertz CT molecular complexity index is 4070. The third-order valence-corrected chi connectivity index (χ3v) is 18.6. The monoisotopic (exact) mass is 1180 g/mol. The van der Waals surface area contributed by atoms with Gasteiger partial charge in [-0.15, -0.1) is 5.06 Å². The highest BCUT2D eigenvalue weighted by Gasteiger charge is 2.52. The van der Waals surface area contributed by atoms with E-state index in [4.69, 9.17) is 9.57 Å². The summed E-state index contributed by atoms with van der Waals surface area (Å²) in [6, 6.07) is 8.43. The molecule has 4 aromatic rings. The smallest absolute Gasteiger partial charge is 0.333 e. The lowest BCUT2D eigenvalue weighted by molar-refractivity contribution is -0.433. The van der Waals surface area contributed by atoms with Gasteiger partial charge in [-0.3, -0.25) is 37.1 Å². The van der Waals surface area contributed by atoms with Crippen molar-refractivity contribution in [2.24, 2.45) is 0 Å². The zero-order chi connectivity index (χ0) is 57.6.